The van der Waals surface area contributed by atoms with Crippen LogP contribution >= 0.6 is 0 Å². The summed E-state index contributed by atoms with van der Waals surface area (Å²) in [5.74, 6) is -1.67. The largest absolute Gasteiger partial charge is 0.386 e. The number of hydrogen-bond acceptors (Lipinski definition) is 2. The summed E-state index contributed by atoms with van der Waals surface area (Å²) in [6.07, 6.45) is 0.145. The molecule has 3 N–H and O–H groups in total. The topological polar surface area (TPSA) is 61.4 Å². The van der Waals surface area contributed by atoms with Gasteiger partial charge in [0.05, 0.1) is 5.56 Å². The Labute approximate surface area is 117 Å². The highest BCUT2D eigenvalue weighted by molar-refractivity contribution is 5.74. The molecule has 1 aromatic carbocycles. The number of rotatable bonds is 6. The molecule has 1 unspecified atom stereocenters. The van der Waals surface area contributed by atoms with E-state index in [1.807, 2.05) is 13.8 Å². The molecule has 4 nitrogen and oxygen atoms in total. The standard InChI is InChI=1S/C14H20F2N2O2/c1-3-9(4-2)18-14(20)17-8-12(19)13-10(15)6-5-7-11(13)16/h5-7,9,12,19H,3-4,8H2,1-2H3,(H2,17,18,20). The van der Waals surface area contributed by atoms with Gasteiger partial charge in [-0.25, -0.2) is 13.6 Å². The minimum absolute atomic E-state index is 0.0392. The smallest absolute Gasteiger partial charge is 0.315 e. The number of halogens is 2. The number of amides is 2. The fourth-order valence-corrected chi connectivity index (χ4v) is 1.85. The predicted octanol–water partition coefficient (Wildman–Crippen LogP) is 2.49. The van der Waals surface area contributed by atoms with Crippen molar-refractivity contribution >= 4 is 6.03 Å². The van der Waals surface area contributed by atoms with E-state index in [1.54, 1.807) is 0 Å². The van der Waals surface area contributed by atoms with Gasteiger partial charge in [-0.05, 0) is 25.0 Å². The maximum atomic E-state index is 13.4. The number of hydrogen-bond donors (Lipinski definition) is 3. The highest BCUT2D eigenvalue weighted by atomic mass is 19.1. The van der Waals surface area contributed by atoms with Crippen LogP contribution in [0.2, 0.25) is 0 Å². The minimum Gasteiger partial charge on any atom is -0.386 e. The third kappa shape index (κ3) is 4.45. The molecule has 1 rings (SSSR count). The number of nitrogens with one attached hydrogen (secondary N) is 2. The molecular formula is C14H20F2N2O2. The highest BCUT2D eigenvalue weighted by Crippen LogP contribution is 2.19. The SMILES string of the molecule is CCC(CC)NC(=O)NCC(O)c1c(F)cccc1F. The second kappa shape index (κ2) is 7.79. The zero-order chi connectivity index (χ0) is 15.1. The molecule has 0 aromatic heterocycles. The van der Waals surface area contributed by atoms with Gasteiger partial charge in [-0.1, -0.05) is 19.9 Å². The number of aliphatic hydroxyl groups is 1. The van der Waals surface area contributed by atoms with Crippen LogP contribution in [-0.4, -0.2) is 23.7 Å². The Kier molecular flexibility index (Phi) is 6.38. The van der Waals surface area contributed by atoms with Crippen molar-refractivity contribution in [3.8, 4) is 0 Å². The van der Waals surface area contributed by atoms with E-state index in [0.29, 0.717) is 0 Å². The highest BCUT2D eigenvalue weighted by Gasteiger charge is 2.18. The first-order chi connectivity index (χ1) is 9.49. The molecule has 0 aliphatic carbocycles. The number of carbonyl (C=O) groups is 1. The molecule has 0 radical (unpaired) electrons. The van der Waals surface area contributed by atoms with Gasteiger partial charge in [0, 0.05) is 12.6 Å². The van der Waals surface area contributed by atoms with Gasteiger partial charge in [-0.3, -0.25) is 0 Å². The molecular weight excluding hydrogens is 266 g/mol. The summed E-state index contributed by atoms with van der Waals surface area (Å²) in [5, 5.41) is 14.9. The maximum Gasteiger partial charge on any atom is 0.315 e. The fourth-order valence-electron chi connectivity index (χ4n) is 1.85. The zero-order valence-electron chi connectivity index (χ0n) is 11.6. The molecule has 0 fully saturated rings. The van der Waals surface area contributed by atoms with Crippen molar-refractivity contribution in [3.05, 3.63) is 35.4 Å². The summed E-state index contributed by atoms with van der Waals surface area (Å²) in [6.45, 7) is 3.62. The molecule has 0 saturated carbocycles. The van der Waals surface area contributed by atoms with Crippen molar-refractivity contribution < 1.29 is 18.7 Å². The summed E-state index contributed by atoms with van der Waals surface area (Å²) in [5.41, 5.74) is -0.435. The van der Waals surface area contributed by atoms with Crippen LogP contribution in [0.5, 0.6) is 0 Å². The number of aliphatic hydroxyl groups excluding tert-OH is 1. The number of benzene rings is 1. The van der Waals surface area contributed by atoms with Gasteiger partial charge >= 0.3 is 6.03 Å². The van der Waals surface area contributed by atoms with Gasteiger partial charge < -0.3 is 15.7 Å². The average molecular weight is 286 g/mol. The molecule has 6 heteroatoms. The van der Waals surface area contributed by atoms with Gasteiger partial charge in [0.2, 0.25) is 0 Å². The fraction of sp³-hybridized carbons (Fsp3) is 0.500. The lowest BCUT2D eigenvalue weighted by Gasteiger charge is -2.17. The van der Waals surface area contributed by atoms with E-state index >= 15 is 0 Å². The second-order valence-corrected chi connectivity index (χ2v) is 4.52. The van der Waals surface area contributed by atoms with E-state index in [4.69, 9.17) is 0 Å². The average Bonchev–Trinajstić information content (AvgIpc) is 2.42. The lowest BCUT2D eigenvalue weighted by Crippen LogP contribution is -2.43. The van der Waals surface area contributed by atoms with Crippen LogP contribution in [0, 0.1) is 11.6 Å². The Bertz CT molecular complexity index is 431. The molecule has 1 aromatic rings. The maximum absolute atomic E-state index is 13.4. The van der Waals surface area contributed by atoms with E-state index in [1.165, 1.54) is 6.07 Å². The first-order valence-corrected chi connectivity index (χ1v) is 6.65. The van der Waals surface area contributed by atoms with Crippen LogP contribution in [0.25, 0.3) is 0 Å². The summed E-state index contributed by atoms with van der Waals surface area (Å²) < 4.78 is 26.8. The molecule has 2 amide bonds. The van der Waals surface area contributed by atoms with Crippen LogP contribution < -0.4 is 10.6 Å². The van der Waals surface area contributed by atoms with Crippen molar-refractivity contribution in [2.24, 2.45) is 0 Å². The van der Waals surface area contributed by atoms with E-state index in [9.17, 15) is 18.7 Å². The molecule has 0 heterocycles. The first kappa shape index (κ1) is 16.4. The Balaban J connectivity index is 2.55. The van der Waals surface area contributed by atoms with Crippen LogP contribution in [0.3, 0.4) is 0 Å². The van der Waals surface area contributed by atoms with E-state index in [-0.39, 0.29) is 12.6 Å². The Morgan fingerprint density at radius 1 is 1.25 bits per heavy atom. The van der Waals surface area contributed by atoms with E-state index < -0.39 is 29.3 Å². The Morgan fingerprint density at radius 3 is 2.30 bits per heavy atom. The zero-order valence-corrected chi connectivity index (χ0v) is 11.6. The van der Waals surface area contributed by atoms with Gasteiger partial charge in [0.25, 0.3) is 0 Å². The quantitative estimate of drug-likeness (QED) is 0.752. The van der Waals surface area contributed by atoms with Crippen LogP contribution in [0.1, 0.15) is 38.4 Å². The van der Waals surface area contributed by atoms with E-state index in [2.05, 4.69) is 10.6 Å². The monoisotopic (exact) mass is 286 g/mol. The molecule has 0 aliphatic heterocycles. The molecule has 0 spiro atoms. The van der Waals surface area contributed by atoms with Crippen LogP contribution in [0.15, 0.2) is 18.2 Å². The van der Waals surface area contributed by atoms with Gasteiger partial charge in [-0.15, -0.1) is 0 Å². The van der Waals surface area contributed by atoms with Gasteiger partial charge in [0.1, 0.15) is 17.7 Å². The Hall–Kier alpha value is -1.69. The van der Waals surface area contributed by atoms with Crippen molar-refractivity contribution in [1.82, 2.24) is 10.6 Å². The number of urea groups is 1. The summed E-state index contributed by atoms with van der Waals surface area (Å²) >= 11 is 0. The van der Waals surface area contributed by atoms with Gasteiger partial charge in [0.15, 0.2) is 0 Å². The molecule has 0 saturated heterocycles. The molecule has 20 heavy (non-hydrogen) atoms. The third-order valence-electron chi connectivity index (χ3n) is 3.11. The van der Waals surface area contributed by atoms with Crippen molar-refractivity contribution in [2.75, 3.05) is 6.54 Å². The van der Waals surface area contributed by atoms with Crippen molar-refractivity contribution in [3.63, 3.8) is 0 Å². The predicted molar refractivity (Wildman–Crippen MR) is 72.2 cm³/mol. The Morgan fingerprint density at radius 2 is 1.80 bits per heavy atom. The molecule has 112 valence electrons. The molecule has 1 atom stereocenters. The first-order valence-electron chi connectivity index (χ1n) is 6.65. The van der Waals surface area contributed by atoms with Crippen molar-refractivity contribution in [1.29, 1.82) is 0 Å². The lowest BCUT2D eigenvalue weighted by atomic mass is 10.1. The summed E-state index contributed by atoms with van der Waals surface area (Å²) in [4.78, 5) is 11.6. The normalized spacial score (nSPS) is 12.3. The van der Waals surface area contributed by atoms with Crippen LogP contribution in [0.4, 0.5) is 13.6 Å². The number of carbonyl (C=O) groups excluding carboxylic acids is 1. The minimum atomic E-state index is -1.43. The van der Waals surface area contributed by atoms with Gasteiger partial charge in [-0.2, -0.15) is 0 Å². The third-order valence-corrected chi connectivity index (χ3v) is 3.11. The lowest BCUT2D eigenvalue weighted by molar-refractivity contribution is 0.163. The summed E-state index contributed by atoms with van der Waals surface area (Å²) in [6, 6.07) is 2.91. The summed E-state index contributed by atoms with van der Waals surface area (Å²) in [7, 11) is 0. The van der Waals surface area contributed by atoms with Crippen molar-refractivity contribution in [2.45, 2.75) is 38.8 Å². The molecule has 0 aliphatic rings. The van der Waals surface area contributed by atoms with E-state index in [0.717, 1.165) is 25.0 Å². The molecule has 0 bridgehead atoms. The van der Waals surface area contributed by atoms with Crippen LogP contribution in [-0.2, 0) is 0 Å². The second-order valence-electron chi connectivity index (χ2n) is 4.52.